The first-order valence-electron chi connectivity index (χ1n) is 3.15. The van der Waals surface area contributed by atoms with Gasteiger partial charge in [0.2, 0.25) is 0 Å². The smallest absolute Gasteiger partial charge is 0.409 e. The molecule has 0 saturated carbocycles. The molecular weight excluding hydrogens is 142 g/mol. The van der Waals surface area contributed by atoms with E-state index in [1.54, 1.807) is 6.08 Å². The lowest BCUT2D eigenvalue weighted by Crippen LogP contribution is -2.20. The van der Waals surface area contributed by atoms with Gasteiger partial charge in [0.15, 0.2) is 0 Å². The van der Waals surface area contributed by atoms with Crippen LogP contribution in [0.25, 0.3) is 12.7 Å². The summed E-state index contributed by atoms with van der Waals surface area (Å²) >= 11 is 0. The summed E-state index contributed by atoms with van der Waals surface area (Å²) in [5.74, 6) is -0.484. The van der Waals surface area contributed by atoms with Crippen molar-refractivity contribution in [2.24, 2.45) is 0 Å². The molecule has 0 radical (unpaired) electrons. The van der Waals surface area contributed by atoms with Gasteiger partial charge in [-0.05, 0) is 13.0 Å². The molecule has 3 heteroatoms. The van der Waals surface area contributed by atoms with Crippen LogP contribution in [0.5, 0.6) is 0 Å². The summed E-state index contributed by atoms with van der Waals surface area (Å²) in [4.78, 5) is 13.1. The molecule has 0 aliphatic heterocycles. The molecule has 0 aliphatic rings. The molecule has 0 aromatic carbocycles. The molecule has 0 saturated heterocycles. The summed E-state index contributed by atoms with van der Waals surface area (Å²) in [6, 6.07) is 0. The first kappa shape index (κ1) is 7.60. The molecule has 1 aromatic heterocycles. The van der Waals surface area contributed by atoms with Gasteiger partial charge in [0, 0.05) is 0 Å². The molecule has 0 atom stereocenters. The molecule has 0 bridgehead atoms. The number of oxazole rings is 1. The van der Waals surface area contributed by atoms with E-state index >= 15 is 0 Å². The number of H-pyrrole nitrogens is 1. The molecule has 1 N–H and O–H groups in total. The zero-order valence-corrected chi connectivity index (χ0v) is 6.31. The molecule has 1 rings (SSSR count). The molecule has 3 nitrogen and oxygen atoms in total. The predicted octanol–water partition coefficient (Wildman–Crippen LogP) is -0.265. The van der Waals surface area contributed by atoms with Gasteiger partial charge in [-0.3, -0.25) is 4.98 Å². The van der Waals surface area contributed by atoms with Crippen molar-refractivity contribution in [3.8, 4) is 0 Å². The SMILES string of the molecule is C=C(C)/C=c1/[nH]c(=O)oc1=C. The standard InChI is InChI=1S/C8H9NO2/c1-5(2)4-7-6(3)11-8(10)9-7/h4H,1,3H2,2H3,(H,9,10)/b7-4+. The van der Waals surface area contributed by atoms with Crippen LogP contribution in [0.4, 0.5) is 0 Å². The minimum absolute atomic E-state index is 0.345. The van der Waals surface area contributed by atoms with Crippen LogP contribution in [0.2, 0.25) is 0 Å². The average Bonchev–Trinajstić information content (AvgIpc) is 2.09. The summed E-state index contributed by atoms with van der Waals surface area (Å²) in [5, 5.41) is 0.586. The monoisotopic (exact) mass is 151 g/mol. The highest BCUT2D eigenvalue weighted by atomic mass is 16.4. The van der Waals surface area contributed by atoms with Crippen LogP contribution < -0.4 is 16.5 Å². The molecule has 1 aromatic rings. The van der Waals surface area contributed by atoms with Crippen LogP contribution in [-0.4, -0.2) is 4.98 Å². The Morgan fingerprint density at radius 1 is 1.73 bits per heavy atom. The van der Waals surface area contributed by atoms with E-state index in [0.29, 0.717) is 10.8 Å². The molecule has 0 aliphatic carbocycles. The third kappa shape index (κ3) is 1.70. The van der Waals surface area contributed by atoms with Crippen LogP contribution in [0, 0.1) is 0 Å². The first-order valence-corrected chi connectivity index (χ1v) is 3.15. The fourth-order valence-corrected chi connectivity index (χ4v) is 0.735. The second-order valence-electron chi connectivity index (χ2n) is 2.34. The molecule has 0 spiro atoms. The fraction of sp³-hybridized carbons (Fsp3) is 0.125. The summed E-state index contributed by atoms with van der Waals surface area (Å²) < 4.78 is 4.62. The minimum Gasteiger partial charge on any atom is -0.409 e. The number of aromatic nitrogens is 1. The second-order valence-corrected chi connectivity index (χ2v) is 2.34. The quantitative estimate of drug-likeness (QED) is 0.600. The predicted molar refractivity (Wildman–Crippen MR) is 43.4 cm³/mol. The number of nitrogens with one attached hydrogen (secondary N) is 1. The summed E-state index contributed by atoms with van der Waals surface area (Å²) in [7, 11) is 0. The van der Waals surface area contributed by atoms with Crippen LogP contribution in [0.1, 0.15) is 6.92 Å². The fourth-order valence-electron chi connectivity index (χ4n) is 0.735. The van der Waals surface area contributed by atoms with E-state index < -0.39 is 5.76 Å². The zero-order chi connectivity index (χ0) is 8.43. The molecular formula is C8H9NO2. The largest absolute Gasteiger partial charge is 0.417 e. The summed E-state index contributed by atoms with van der Waals surface area (Å²) in [6.07, 6.45) is 1.70. The number of hydrogen-bond donors (Lipinski definition) is 1. The Bertz CT molecular complexity index is 422. The van der Waals surface area contributed by atoms with E-state index in [0.717, 1.165) is 5.57 Å². The van der Waals surface area contributed by atoms with Gasteiger partial charge in [-0.1, -0.05) is 18.7 Å². The lowest BCUT2D eigenvalue weighted by atomic mass is 10.3. The number of hydrogen-bond acceptors (Lipinski definition) is 2. The average molecular weight is 151 g/mol. The topological polar surface area (TPSA) is 46.0 Å². The second kappa shape index (κ2) is 2.62. The minimum atomic E-state index is -0.484. The maximum Gasteiger partial charge on any atom is 0.417 e. The summed E-state index contributed by atoms with van der Waals surface area (Å²) in [6.45, 7) is 9.00. The van der Waals surface area contributed by atoms with Crippen molar-refractivity contribution < 1.29 is 4.42 Å². The lowest BCUT2D eigenvalue weighted by molar-refractivity contribution is 0.487. The van der Waals surface area contributed by atoms with Crippen molar-refractivity contribution in [3.05, 3.63) is 33.5 Å². The van der Waals surface area contributed by atoms with E-state index in [9.17, 15) is 4.79 Å². The van der Waals surface area contributed by atoms with E-state index in [1.807, 2.05) is 6.92 Å². The Kier molecular flexibility index (Phi) is 1.81. The van der Waals surface area contributed by atoms with Crippen molar-refractivity contribution in [1.82, 2.24) is 4.98 Å². The first-order chi connectivity index (χ1) is 5.09. The van der Waals surface area contributed by atoms with Gasteiger partial charge in [-0.2, -0.15) is 0 Å². The van der Waals surface area contributed by atoms with E-state index in [1.165, 1.54) is 0 Å². The molecule has 11 heavy (non-hydrogen) atoms. The van der Waals surface area contributed by atoms with Crippen molar-refractivity contribution in [2.75, 3.05) is 0 Å². The highest BCUT2D eigenvalue weighted by Gasteiger charge is 1.89. The van der Waals surface area contributed by atoms with Gasteiger partial charge < -0.3 is 4.42 Å². The van der Waals surface area contributed by atoms with Crippen LogP contribution in [-0.2, 0) is 0 Å². The Morgan fingerprint density at radius 2 is 2.36 bits per heavy atom. The number of rotatable bonds is 1. The highest BCUT2D eigenvalue weighted by molar-refractivity contribution is 5.40. The van der Waals surface area contributed by atoms with Crippen molar-refractivity contribution in [3.63, 3.8) is 0 Å². The molecule has 58 valence electrons. The van der Waals surface area contributed by atoms with E-state index in [4.69, 9.17) is 0 Å². The molecule has 0 unspecified atom stereocenters. The third-order valence-electron chi connectivity index (χ3n) is 1.14. The third-order valence-corrected chi connectivity index (χ3v) is 1.14. The zero-order valence-electron chi connectivity index (χ0n) is 6.31. The highest BCUT2D eigenvalue weighted by Crippen LogP contribution is 1.83. The van der Waals surface area contributed by atoms with Gasteiger partial charge in [0.1, 0.15) is 5.42 Å². The Morgan fingerprint density at radius 3 is 2.73 bits per heavy atom. The van der Waals surface area contributed by atoms with Gasteiger partial charge in [-0.15, -0.1) is 0 Å². The maximum atomic E-state index is 10.6. The Balaban J connectivity index is 3.47. The normalized spacial score (nSPS) is 11.9. The lowest BCUT2D eigenvalue weighted by Gasteiger charge is -1.79. The van der Waals surface area contributed by atoms with E-state index in [2.05, 4.69) is 22.6 Å². The maximum absolute atomic E-state index is 10.6. The van der Waals surface area contributed by atoms with Gasteiger partial charge >= 0.3 is 5.76 Å². The summed E-state index contributed by atoms with van der Waals surface area (Å²) in [5.41, 5.74) is 1.19. The van der Waals surface area contributed by atoms with Gasteiger partial charge in [-0.25, -0.2) is 4.79 Å². The molecule has 0 amide bonds. The van der Waals surface area contributed by atoms with E-state index in [-0.39, 0.29) is 0 Å². The molecule has 1 heterocycles. The van der Waals surface area contributed by atoms with Crippen molar-refractivity contribution in [1.29, 1.82) is 0 Å². The van der Waals surface area contributed by atoms with Crippen LogP contribution in [0.15, 0.2) is 21.4 Å². The Hall–Kier alpha value is -1.51. The Labute approximate surface area is 63.4 Å². The number of aromatic amines is 1. The van der Waals surface area contributed by atoms with Crippen LogP contribution in [0.3, 0.4) is 0 Å². The van der Waals surface area contributed by atoms with Crippen molar-refractivity contribution >= 4 is 12.7 Å². The molecule has 0 fully saturated rings. The van der Waals surface area contributed by atoms with Gasteiger partial charge in [0.25, 0.3) is 0 Å². The van der Waals surface area contributed by atoms with Crippen molar-refractivity contribution in [2.45, 2.75) is 6.92 Å². The van der Waals surface area contributed by atoms with Crippen LogP contribution >= 0.6 is 0 Å². The van der Waals surface area contributed by atoms with Gasteiger partial charge in [0.05, 0.1) is 5.35 Å². The number of allylic oxidation sites excluding steroid dienone is 1.